The molecule has 0 saturated carbocycles. The van der Waals surface area contributed by atoms with Gasteiger partial charge in [-0.3, -0.25) is 0 Å². The lowest BCUT2D eigenvalue weighted by Gasteiger charge is -2.05. The van der Waals surface area contributed by atoms with Crippen LogP contribution in [0.4, 0.5) is 0 Å². The summed E-state index contributed by atoms with van der Waals surface area (Å²) in [4.78, 5) is 22.3. The zero-order valence-electron chi connectivity index (χ0n) is 7.81. The van der Waals surface area contributed by atoms with Gasteiger partial charge in [0.1, 0.15) is 9.75 Å². The maximum atomic E-state index is 11.3. The number of carbonyl (C=O) groups is 2. The van der Waals surface area contributed by atoms with Gasteiger partial charge < -0.3 is 9.84 Å². The van der Waals surface area contributed by atoms with Crippen molar-refractivity contribution in [1.29, 1.82) is 0 Å². The predicted octanol–water partition coefficient (Wildman–Crippen LogP) is 2.01. The van der Waals surface area contributed by atoms with E-state index in [1.807, 2.05) is 0 Å². The second kappa shape index (κ2) is 4.23. The summed E-state index contributed by atoms with van der Waals surface area (Å²) >= 11 is 0.917. The van der Waals surface area contributed by atoms with Gasteiger partial charge in [-0.05, 0) is 26.0 Å². The summed E-state index contributed by atoms with van der Waals surface area (Å²) in [6, 6.07) is 2.85. The number of ether oxygens (including phenoxy) is 1. The Morgan fingerprint density at radius 1 is 1.36 bits per heavy atom. The molecule has 76 valence electrons. The minimum absolute atomic E-state index is 0.140. The first-order valence-corrected chi connectivity index (χ1v) is 4.86. The summed E-state index contributed by atoms with van der Waals surface area (Å²) in [7, 11) is 0. The van der Waals surface area contributed by atoms with Crippen molar-refractivity contribution in [2.24, 2.45) is 0 Å². The van der Waals surface area contributed by atoms with Crippen LogP contribution in [-0.2, 0) is 4.74 Å². The third-order valence-corrected chi connectivity index (χ3v) is 2.41. The molecule has 1 aromatic rings. The fourth-order valence-electron chi connectivity index (χ4n) is 0.835. The van der Waals surface area contributed by atoms with E-state index in [0.717, 1.165) is 11.3 Å². The number of hydrogen-bond acceptors (Lipinski definition) is 4. The Hall–Kier alpha value is -1.36. The Labute approximate surface area is 85.1 Å². The first-order chi connectivity index (χ1) is 6.50. The van der Waals surface area contributed by atoms with Crippen LogP contribution in [0.2, 0.25) is 0 Å². The third-order valence-electron chi connectivity index (χ3n) is 1.36. The smallest absolute Gasteiger partial charge is 0.348 e. The molecule has 1 aromatic heterocycles. The van der Waals surface area contributed by atoms with Gasteiger partial charge in [-0.1, -0.05) is 0 Å². The highest BCUT2D eigenvalue weighted by Gasteiger charge is 2.14. The van der Waals surface area contributed by atoms with Gasteiger partial charge in [0.15, 0.2) is 0 Å². The summed E-state index contributed by atoms with van der Waals surface area (Å²) in [6.07, 6.45) is -0.196. The molecule has 0 spiro atoms. The molecule has 0 saturated heterocycles. The highest BCUT2D eigenvalue weighted by molar-refractivity contribution is 7.15. The molecule has 0 aliphatic carbocycles. The molecule has 0 amide bonds. The minimum atomic E-state index is -1.03. The van der Waals surface area contributed by atoms with Crippen LogP contribution < -0.4 is 0 Å². The molecule has 0 aromatic carbocycles. The second-order valence-electron chi connectivity index (χ2n) is 2.92. The van der Waals surface area contributed by atoms with Crippen molar-refractivity contribution in [2.75, 3.05) is 0 Å². The second-order valence-corrected chi connectivity index (χ2v) is 4.01. The maximum Gasteiger partial charge on any atom is 0.348 e. The normalized spacial score (nSPS) is 10.2. The van der Waals surface area contributed by atoms with Crippen LogP contribution >= 0.6 is 11.3 Å². The largest absolute Gasteiger partial charge is 0.477 e. The fraction of sp³-hybridized carbons (Fsp3) is 0.333. The van der Waals surface area contributed by atoms with Crippen LogP contribution in [0.3, 0.4) is 0 Å². The van der Waals surface area contributed by atoms with Gasteiger partial charge in [-0.15, -0.1) is 11.3 Å². The lowest BCUT2D eigenvalue weighted by Crippen LogP contribution is -2.09. The molecule has 0 bridgehead atoms. The van der Waals surface area contributed by atoms with Gasteiger partial charge in [0.2, 0.25) is 0 Å². The highest BCUT2D eigenvalue weighted by Crippen LogP contribution is 2.17. The zero-order chi connectivity index (χ0) is 10.7. The molecule has 1 N–H and O–H groups in total. The molecule has 14 heavy (non-hydrogen) atoms. The number of carboxylic acids is 1. The highest BCUT2D eigenvalue weighted by atomic mass is 32.1. The monoisotopic (exact) mass is 214 g/mol. The number of thiophene rings is 1. The summed E-state index contributed by atoms with van der Waals surface area (Å²) in [5, 5.41) is 8.62. The summed E-state index contributed by atoms with van der Waals surface area (Å²) in [6.45, 7) is 3.48. The summed E-state index contributed by atoms with van der Waals surface area (Å²) in [5.74, 6) is -1.50. The molecule has 0 fully saturated rings. The quantitative estimate of drug-likeness (QED) is 0.782. The molecule has 0 atom stereocenters. The topological polar surface area (TPSA) is 63.6 Å². The number of aromatic carboxylic acids is 1. The molecule has 0 radical (unpaired) electrons. The molecule has 0 unspecified atom stereocenters. The molecule has 5 heteroatoms. The summed E-state index contributed by atoms with van der Waals surface area (Å²) < 4.78 is 4.91. The molecule has 1 rings (SSSR count). The van der Waals surface area contributed by atoms with E-state index in [-0.39, 0.29) is 11.0 Å². The van der Waals surface area contributed by atoms with Crippen molar-refractivity contribution in [3.05, 3.63) is 21.9 Å². The average Bonchev–Trinajstić information content (AvgIpc) is 2.50. The van der Waals surface area contributed by atoms with Gasteiger partial charge in [0, 0.05) is 0 Å². The van der Waals surface area contributed by atoms with Gasteiger partial charge in [0.25, 0.3) is 0 Å². The van der Waals surface area contributed by atoms with Gasteiger partial charge in [-0.2, -0.15) is 0 Å². The number of esters is 1. The van der Waals surface area contributed by atoms with Crippen LogP contribution in [0.25, 0.3) is 0 Å². The number of hydrogen-bond donors (Lipinski definition) is 1. The van der Waals surface area contributed by atoms with E-state index in [1.165, 1.54) is 12.1 Å². The first-order valence-electron chi connectivity index (χ1n) is 4.05. The van der Waals surface area contributed by atoms with Crippen LogP contribution in [0.15, 0.2) is 12.1 Å². The Morgan fingerprint density at radius 2 is 1.93 bits per heavy atom. The van der Waals surface area contributed by atoms with Crippen molar-refractivity contribution in [3.63, 3.8) is 0 Å². The Bertz CT molecular complexity index is 353. The van der Waals surface area contributed by atoms with E-state index in [0.29, 0.717) is 4.88 Å². The van der Waals surface area contributed by atoms with Crippen molar-refractivity contribution in [2.45, 2.75) is 20.0 Å². The Balaban J connectivity index is 2.76. The van der Waals surface area contributed by atoms with Gasteiger partial charge in [0.05, 0.1) is 6.10 Å². The van der Waals surface area contributed by atoms with Crippen molar-refractivity contribution >= 4 is 23.3 Å². The lowest BCUT2D eigenvalue weighted by atomic mass is 10.4. The molecule has 0 aliphatic rings. The van der Waals surface area contributed by atoms with Gasteiger partial charge >= 0.3 is 11.9 Å². The van der Waals surface area contributed by atoms with E-state index < -0.39 is 11.9 Å². The Morgan fingerprint density at radius 3 is 2.36 bits per heavy atom. The van der Waals surface area contributed by atoms with Crippen molar-refractivity contribution in [3.8, 4) is 0 Å². The van der Waals surface area contributed by atoms with Gasteiger partial charge in [-0.25, -0.2) is 9.59 Å². The number of rotatable bonds is 3. The lowest BCUT2D eigenvalue weighted by molar-refractivity contribution is 0.0383. The molecule has 0 aliphatic heterocycles. The van der Waals surface area contributed by atoms with E-state index >= 15 is 0 Å². The van der Waals surface area contributed by atoms with E-state index in [9.17, 15) is 9.59 Å². The van der Waals surface area contributed by atoms with Crippen LogP contribution in [-0.4, -0.2) is 23.1 Å². The number of carbonyl (C=O) groups excluding carboxylic acids is 1. The van der Waals surface area contributed by atoms with Crippen molar-refractivity contribution in [1.82, 2.24) is 0 Å². The SMILES string of the molecule is CC(C)OC(=O)c1ccc(C(=O)O)s1. The van der Waals surface area contributed by atoms with E-state index in [1.54, 1.807) is 13.8 Å². The minimum Gasteiger partial charge on any atom is -0.477 e. The number of carboxylic acid groups (broad SMARTS) is 1. The van der Waals surface area contributed by atoms with E-state index in [4.69, 9.17) is 9.84 Å². The van der Waals surface area contributed by atoms with Crippen LogP contribution in [0.1, 0.15) is 33.2 Å². The molecule has 1 heterocycles. The van der Waals surface area contributed by atoms with Crippen molar-refractivity contribution < 1.29 is 19.4 Å². The third kappa shape index (κ3) is 2.56. The molecular weight excluding hydrogens is 204 g/mol. The van der Waals surface area contributed by atoms with Crippen LogP contribution in [0.5, 0.6) is 0 Å². The zero-order valence-corrected chi connectivity index (χ0v) is 8.63. The standard InChI is InChI=1S/C9H10O4S/c1-5(2)13-9(12)7-4-3-6(14-7)8(10)11/h3-5H,1-2H3,(H,10,11). The molecular formula is C9H10O4S. The van der Waals surface area contributed by atoms with Crippen LogP contribution in [0, 0.1) is 0 Å². The predicted molar refractivity (Wildman–Crippen MR) is 51.8 cm³/mol. The average molecular weight is 214 g/mol. The first kappa shape index (κ1) is 10.7. The fourth-order valence-corrected chi connectivity index (χ4v) is 1.56. The Kier molecular flexibility index (Phi) is 3.24. The summed E-state index contributed by atoms with van der Waals surface area (Å²) in [5.41, 5.74) is 0. The maximum absolute atomic E-state index is 11.3. The molecule has 4 nitrogen and oxygen atoms in total. The van der Waals surface area contributed by atoms with E-state index in [2.05, 4.69) is 0 Å².